The van der Waals surface area contributed by atoms with E-state index in [9.17, 15) is 4.79 Å². The van der Waals surface area contributed by atoms with Crippen molar-refractivity contribution in [2.75, 3.05) is 11.6 Å². The molecule has 25 heavy (non-hydrogen) atoms. The molecule has 0 amide bonds. The standard InChI is InChI=1S/C21H21NO3/c1-3-5-15-11-20(23)25-21-17(15)8-9-19-18(21)12-22(13-24-19)16-7-4-6-14(2)10-16/h4,6-11H,3,5,12-13H2,1-2H3. The second kappa shape index (κ2) is 6.28. The quantitative estimate of drug-likeness (QED) is 0.665. The van der Waals surface area contributed by atoms with Gasteiger partial charge in [-0.1, -0.05) is 25.5 Å². The van der Waals surface area contributed by atoms with E-state index < -0.39 is 0 Å². The molecule has 4 heteroatoms. The van der Waals surface area contributed by atoms with Gasteiger partial charge < -0.3 is 14.1 Å². The van der Waals surface area contributed by atoms with E-state index in [0.717, 1.165) is 40.8 Å². The average Bonchev–Trinajstić information content (AvgIpc) is 2.61. The van der Waals surface area contributed by atoms with E-state index in [1.807, 2.05) is 18.2 Å². The van der Waals surface area contributed by atoms with Crippen LogP contribution in [0.2, 0.25) is 0 Å². The summed E-state index contributed by atoms with van der Waals surface area (Å²) >= 11 is 0. The van der Waals surface area contributed by atoms with Gasteiger partial charge in [-0.05, 0) is 48.7 Å². The molecule has 1 aliphatic rings. The summed E-state index contributed by atoms with van der Waals surface area (Å²) in [4.78, 5) is 14.2. The maximum absolute atomic E-state index is 12.0. The first-order valence-electron chi connectivity index (χ1n) is 8.68. The van der Waals surface area contributed by atoms with E-state index in [1.165, 1.54) is 5.56 Å². The number of nitrogens with zero attached hydrogens (tertiary/aromatic N) is 1. The van der Waals surface area contributed by atoms with Crippen LogP contribution in [-0.2, 0) is 13.0 Å². The topological polar surface area (TPSA) is 42.7 Å². The Labute approximate surface area is 146 Å². The summed E-state index contributed by atoms with van der Waals surface area (Å²) in [6.07, 6.45) is 1.85. The highest BCUT2D eigenvalue weighted by Gasteiger charge is 2.22. The van der Waals surface area contributed by atoms with Crippen molar-refractivity contribution in [3.8, 4) is 5.75 Å². The lowest BCUT2D eigenvalue weighted by Gasteiger charge is -2.31. The minimum absolute atomic E-state index is 0.294. The molecular weight excluding hydrogens is 314 g/mol. The third kappa shape index (κ3) is 2.88. The van der Waals surface area contributed by atoms with Gasteiger partial charge in [0.05, 0.1) is 12.1 Å². The Morgan fingerprint density at radius 2 is 2.04 bits per heavy atom. The second-order valence-electron chi connectivity index (χ2n) is 6.57. The zero-order valence-electron chi connectivity index (χ0n) is 14.5. The van der Waals surface area contributed by atoms with Crippen LogP contribution in [0.1, 0.15) is 30.0 Å². The predicted molar refractivity (Wildman–Crippen MR) is 99.3 cm³/mol. The maximum Gasteiger partial charge on any atom is 0.336 e. The van der Waals surface area contributed by atoms with Gasteiger partial charge in [-0.3, -0.25) is 0 Å². The van der Waals surface area contributed by atoms with Crippen molar-refractivity contribution >= 4 is 16.7 Å². The smallest absolute Gasteiger partial charge is 0.336 e. The molecule has 3 aromatic rings. The molecule has 0 atom stereocenters. The van der Waals surface area contributed by atoms with Gasteiger partial charge in [0.1, 0.15) is 11.3 Å². The number of hydrogen-bond donors (Lipinski definition) is 0. The van der Waals surface area contributed by atoms with E-state index in [0.29, 0.717) is 18.9 Å². The zero-order chi connectivity index (χ0) is 17.4. The molecule has 128 valence electrons. The van der Waals surface area contributed by atoms with Crippen LogP contribution in [0.4, 0.5) is 5.69 Å². The Kier molecular flexibility index (Phi) is 3.96. The van der Waals surface area contributed by atoms with Gasteiger partial charge in [-0.15, -0.1) is 0 Å². The lowest BCUT2D eigenvalue weighted by molar-refractivity contribution is 0.289. The molecule has 1 aliphatic heterocycles. The zero-order valence-corrected chi connectivity index (χ0v) is 14.5. The summed E-state index contributed by atoms with van der Waals surface area (Å²) in [6.45, 7) is 5.34. The highest BCUT2D eigenvalue weighted by molar-refractivity contribution is 5.85. The van der Waals surface area contributed by atoms with Crippen LogP contribution in [0.15, 0.2) is 51.7 Å². The largest absolute Gasteiger partial charge is 0.473 e. The Hall–Kier alpha value is -2.75. The van der Waals surface area contributed by atoms with Gasteiger partial charge in [0.15, 0.2) is 6.73 Å². The SMILES string of the molecule is CCCc1cc(=O)oc2c3c(ccc12)OCN(c1cccc(C)c1)C3. The third-order valence-corrected chi connectivity index (χ3v) is 4.67. The molecular formula is C21H21NO3. The van der Waals surface area contributed by atoms with E-state index in [-0.39, 0.29) is 5.63 Å². The van der Waals surface area contributed by atoms with Crippen molar-refractivity contribution in [2.45, 2.75) is 33.2 Å². The van der Waals surface area contributed by atoms with Crippen LogP contribution in [-0.4, -0.2) is 6.73 Å². The molecule has 0 radical (unpaired) electrons. The average molecular weight is 335 g/mol. The number of hydrogen-bond acceptors (Lipinski definition) is 4. The number of rotatable bonds is 3. The van der Waals surface area contributed by atoms with Crippen molar-refractivity contribution in [1.29, 1.82) is 0 Å². The summed E-state index contributed by atoms with van der Waals surface area (Å²) < 4.78 is 11.5. The van der Waals surface area contributed by atoms with Gasteiger partial charge in [-0.25, -0.2) is 4.79 Å². The molecule has 0 unspecified atom stereocenters. The van der Waals surface area contributed by atoms with Crippen molar-refractivity contribution in [3.63, 3.8) is 0 Å². The number of ether oxygens (including phenoxy) is 1. The molecule has 0 N–H and O–H groups in total. The Bertz CT molecular complexity index is 990. The molecule has 0 spiro atoms. The fourth-order valence-corrected chi connectivity index (χ4v) is 3.46. The van der Waals surface area contributed by atoms with E-state index in [2.05, 4.69) is 36.9 Å². The van der Waals surface area contributed by atoms with Crippen LogP contribution in [0.3, 0.4) is 0 Å². The molecule has 2 aromatic carbocycles. The lowest BCUT2D eigenvalue weighted by Crippen LogP contribution is -2.32. The molecule has 0 aliphatic carbocycles. The second-order valence-corrected chi connectivity index (χ2v) is 6.57. The van der Waals surface area contributed by atoms with Crippen LogP contribution in [0.25, 0.3) is 11.0 Å². The van der Waals surface area contributed by atoms with Gasteiger partial charge in [-0.2, -0.15) is 0 Å². The molecule has 0 saturated carbocycles. The number of benzene rings is 2. The fourth-order valence-electron chi connectivity index (χ4n) is 3.46. The summed E-state index contributed by atoms with van der Waals surface area (Å²) in [7, 11) is 0. The maximum atomic E-state index is 12.0. The molecule has 4 nitrogen and oxygen atoms in total. The molecule has 2 heterocycles. The molecule has 0 bridgehead atoms. The van der Waals surface area contributed by atoms with Crippen molar-refractivity contribution in [3.05, 3.63) is 69.6 Å². The highest BCUT2D eigenvalue weighted by atomic mass is 16.5. The van der Waals surface area contributed by atoms with E-state index in [1.54, 1.807) is 6.07 Å². The number of aryl methyl sites for hydroxylation is 2. The van der Waals surface area contributed by atoms with Gasteiger partial charge in [0, 0.05) is 17.1 Å². The number of anilines is 1. The monoisotopic (exact) mass is 335 g/mol. The first kappa shape index (κ1) is 15.8. The fraction of sp³-hybridized carbons (Fsp3) is 0.286. The first-order chi connectivity index (χ1) is 12.2. The Morgan fingerprint density at radius 1 is 1.16 bits per heavy atom. The third-order valence-electron chi connectivity index (χ3n) is 4.67. The molecule has 0 saturated heterocycles. The van der Waals surface area contributed by atoms with Crippen molar-refractivity contribution in [1.82, 2.24) is 0 Å². The van der Waals surface area contributed by atoms with E-state index in [4.69, 9.17) is 9.15 Å². The van der Waals surface area contributed by atoms with E-state index >= 15 is 0 Å². The number of fused-ring (bicyclic) bond motifs is 3. The summed E-state index contributed by atoms with van der Waals surface area (Å²) in [5.74, 6) is 0.799. The van der Waals surface area contributed by atoms with Crippen LogP contribution in [0, 0.1) is 6.92 Å². The van der Waals surface area contributed by atoms with Crippen LogP contribution < -0.4 is 15.3 Å². The van der Waals surface area contributed by atoms with Gasteiger partial charge in [0.2, 0.25) is 0 Å². The molecule has 1 aromatic heterocycles. The van der Waals surface area contributed by atoms with Crippen molar-refractivity contribution in [2.24, 2.45) is 0 Å². The van der Waals surface area contributed by atoms with Gasteiger partial charge in [0.25, 0.3) is 0 Å². The van der Waals surface area contributed by atoms with Crippen LogP contribution >= 0.6 is 0 Å². The van der Waals surface area contributed by atoms with Gasteiger partial charge >= 0.3 is 5.63 Å². The minimum Gasteiger partial charge on any atom is -0.473 e. The van der Waals surface area contributed by atoms with Crippen molar-refractivity contribution < 1.29 is 9.15 Å². The Balaban J connectivity index is 1.82. The predicted octanol–water partition coefficient (Wildman–Crippen LogP) is 4.41. The Morgan fingerprint density at radius 3 is 2.84 bits per heavy atom. The summed E-state index contributed by atoms with van der Waals surface area (Å²) in [5, 5.41) is 1.01. The first-order valence-corrected chi connectivity index (χ1v) is 8.68. The summed E-state index contributed by atoms with van der Waals surface area (Å²) in [5.41, 5.74) is 4.67. The highest BCUT2D eigenvalue weighted by Crippen LogP contribution is 2.35. The minimum atomic E-state index is -0.294. The molecule has 4 rings (SSSR count). The normalized spacial score (nSPS) is 13.6. The lowest BCUT2D eigenvalue weighted by atomic mass is 10.0. The van der Waals surface area contributed by atoms with Crippen LogP contribution in [0.5, 0.6) is 5.75 Å². The molecule has 0 fully saturated rings. The summed E-state index contributed by atoms with van der Waals surface area (Å²) in [6, 6.07) is 13.9.